The molecule has 0 aliphatic carbocycles. The maximum Gasteiger partial charge on any atom is 0.221 e. The highest BCUT2D eigenvalue weighted by molar-refractivity contribution is 5.98. The first-order valence-electron chi connectivity index (χ1n) is 14.6. The summed E-state index contributed by atoms with van der Waals surface area (Å²) in [4.78, 5) is 5.76. The number of fused-ring (bicyclic) bond motifs is 6. The van der Waals surface area contributed by atoms with Crippen LogP contribution in [-0.4, -0.2) is 14.1 Å². The van der Waals surface area contributed by atoms with E-state index >= 15 is 0 Å². The minimum atomic E-state index is 0.980. The van der Waals surface area contributed by atoms with E-state index in [2.05, 4.69) is 151 Å². The van der Waals surface area contributed by atoms with Gasteiger partial charge in [-0.1, -0.05) is 67.6 Å². The summed E-state index contributed by atoms with van der Waals surface area (Å²) in [5.41, 5.74) is 11.6. The highest BCUT2D eigenvalue weighted by Crippen LogP contribution is 2.40. The van der Waals surface area contributed by atoms with Crippen molar-refractivity contribution in [2.45, 2.75) is 26.3 Å². The maximum absolute atomic E-state index is 3.62. The molecule has 0 amide bonds. The van der Waals surface area contributed by atoms with E-state index in [0.29, 0.717) is 0 Å². The van der Waals surface area contributed by atoms with Gasteiger partial charge in [0.05, 0.1) is 16.5 Å². The monoisotopic (exact) mass is 533 g/mol. The minimum Gasteiger partial charge on any atom is -0.378 e. The van der Waals surface area contributed by atoms with E-state index in [1.54, 1.807) is 0 Å². The van der Waals surface area contributed by atoms with Gasteiger partial charge in [-0.2, -0.15) is 4.57 Å². The fraction of sp³-hybridized carbons (Fsp3) is 0.158. The molecule has 41 heavy (non-hydrogen) atoms. The van der Waals surface area contributed by atoms with Crippen LogP contribution >= 0.6 is 0 Å². The highest BCUT2D eigenvalue weighted by atomic mass is 15.1. The predicted molar refractivity (Wildman–Crippen MR) is 172 cm³/mol. The molecule has 0 saturated heterocycles. The molecule has 0 atom stereocenters. The molecule has 3 heterocycles. The van der Waals surface area contributed by atoms with Crippen molar-refractivity contribution in [3.8, 4) is 22.5 Å². The lowest BCUT2D eigenvalue weighted by atomic mass is 9.85. The van der Waals surface area contributed by atoms with Gasteiger partial charge in [0.15, 0.2) is 18.9 Å². The van der Waals surface area contributed by atoms with Crippen molar-refractivity contribution in [1.82, 2.24) is 0 Å². The molecule has 0 unspecified atom stereocenters. The van der Waals surface area contributed by atoms with Crippen molar-refractivity contribution in [3.63, 3.8) is 0 Å². The average Bonchev–Trinajstić information content (AvgIpc) is 3.02. The Morgan fingerprint density at radius 2 is 1.59 bits per heavy atom. The molecule has 0 bridgehead atoms. The van der Waals surface area contributed by atoms with Crippen molar-refractivity contribution in [1.29, 1.82) is 0 Å². The molecular weight excluding hydrogens is 498 g/mol. The Labute approximate surface area is 242 Å². The van der Waals surface area contributed by atoms with Crippen LogP contribution in [0.1, 0.15) is 29.2 Å². The molecule has 1 aliphatic heterocycles. The zero-order valence-corrected chi connectivity index (χ0v) is 24.0. The van der Waals surface area contributed by atoms with Gasteiger partial charge in [0.2, 0.25) is 11.4 Å². The normalized spacial score (nSPS) is 12.6. The number of nitrogens with one attached hydrogen (secondary N) is 1. The number of benzene rings is 4. The van der Waals surface area contributed by atoms with Crippen LogP contribution in [0.3, 0.4) is 0 Å². The number of aromatic nitrogens is 2. The minimum absolute atomic E-state index is 0.980. The Morgan fingerprint density at radius 1 is 0.780 bits per heavy atom. The summed E-state index contributed by atoms with van der Waals surface area (Å²) in [6.07, 6.45) is 10.8. The van der Waals surface area contributed by atoms with Crippen molar-refractivity contribution >= 4 is 39.4 Å². The summed E-state index contributed by atoms with van der Waals surface area (Å²) >= 11 is 0. The summed E-state index contributed by atoms with van der Waals surface area (Å²) in [5, 5.41) is 5.12. The number of hydrogen-bond donors (Lipinski definition) is 0. The quantitative estimate of drug-likeness (QED) is 0.207. The fourth-order valence-corrected chi connectivity index (χ4v) is 6.29. The van der Waals surface area contributed by atoms with Gasteiger partial charge in [-0.15, -0.1) is 0 Å². The van der Waals surface area contributed by atoms with E-state index in [-0.39, 0.29) is 0 Å². The van der Waals surface area contributed by atoms with Crippen molar-refractivity contribution in [3.05, 3.63) is 126 Å². The van der Waals surface area contributed by atoms with Crippen molar-refractivity contribution < 1.29 is 9.55 Å². The number of rotatable bonds is 5. The van der Waals surface area contributed by atoms with Gasteiger partial charge in [-0.25, -0.2) is 4.98 Å². The maximum atomic E-state index is 3.62. The van der Waals surface area contributed by atoms with E-state index in [9.17, 15) is 0 Å². The van der Waals surface area contributed by atoms with Crippen LogP contribution in [0.4, 0.5) is 5.69 Å². The average molecular weight is 534 g/mol. The smallest absolute Gasteiger partial charge is 0.221 e. The van der Waals surface area contributed by atoms with Gasteiger partial charge < -0.3 is 4.90 Å². The molecule has 7 rings (SSSR count). The zero-order chi connectivity index (χ0) is 27.9. The van der Waals surface area contributed by atoms with Crippen LogP contribution in [-0.2, 0) is 19.4 Å². The lowest BCUT2D eigenvalue weighted by Gasteiger charge is -2.20. The first-order valence-corrected chi connectivity index (χ1v) is 14.6. The SMILES string of the molecule is CCc1ccc2c(c1-c1cc(/C=C/c3ccc4cc(N(C)C)ccc4c3)cc[nH+]1)-c1c3ccccc3cc[n+]1CC2. The second-order valence-corrected chi connectivity index (χ2v) is 11.2. The molecule has 200 valence electrons. The zero-order valence-electron chi connectivity index (χ0n) is 24.0. The van der Waals surface area contributed by atoms with Crippen molar-refractivity contribution in [2.75, 3.05) is 19.0 Å². The molecule has 1 aliphatic rings. The third-order valence-corrected chi connectivity index (χ3v) is 8.48. The Kier molecular flexibility index (Phi) is 6.36. The Balaban J connectivity index is 1.31. The lowest BCUT2D eigenvalue weighted by Crippen LogP contribution is -2.40. The van der Waals surface area contributed by atoms with Crippen LogP contribution < -0.4 is 14.5 Å². The molecule has 2 aromatic heterocycles. The molecule has 0 saturated carbocycles. The molecule has 1 N–H and O–H groups in total. The third kappa shape index (κ3) is 4.58. The van der Waals surface area contributed by atoms with Gasteiger partial charge in [0, 0.05) is 44.4 Å². The van der Waals surface area contributed by atoms with Gasteiger partial charge in [-0.05, 0) is 69.1 Å². The van der Waals surface area contributed by atoms with Crippen LogP contribution in [0.25, 0.3) is 56.2 Å². The molecule has 0 spiro atoms. The predicted octanol–water partition coefficient (Wildman–Crippen LogP) is 7.78. The van der Waals surface area contributed by atoms with Crippen LogP contribution in [0.2, 0.25) is 0 Å². The third-order valence-electron chi connectivity index (χ3n) is 8.48. The first kappa shape index (κ1) is 25.2. The van der Waals surface area contributed by atoms with E-state index < -0.39 is 0 Å². The van der Waals surface area contributed by atoms with Gasteiger partial charge in [0.25, 0.3) is 0 Å². The molecule has 6 aromatic rings. The summed E-state index contributed by atoms with van der Waals surface area (Å²) in [6.45, 7) is 3.27. The molecule has 3 nitrogen and oxygen atoms in total. The first-order chi connectivity index (χ1) is 20.1. The lowest BCUT2D eigenvalue weighted by molar-refractivity contribution is -0.686. The molecule has 0 radical (unpaired) electrons. The van der Waals surface area contributed by atoms with Crippen molar-refractivity contribution in [2.24, 2.45) is 0 Å². The number of aryl methyl sites for hydroxylation is 3. The number of nitrogens with zero attached hydrogens (tertiary/aromatic N) is 2. The molecule has 3 heteroatoms. The highest BCUT2D eigenvalue weighted by Gasteiger charge is 2.31. The Bertz CT molecular complexity index is 1970. The number of H-pyrrole nitrogens is 1. The van der Waals surface area contributed by atoms with E-state index in [0.717, 1.165) is 25.1 Å². The second-order valence-electron chi connectivity index (χ2n) is 11.2. The number of hydrogen-bond acceptors (Lipinski definition) is 1. The number of anilines is 1. The second kappa shape index (κ2) is 10.3. The molecule has 4 aromatic carbocycles. The van der Waals surface area contributed by atoms with Crippen LogP contribution in [0.5, 0.6) is 0 Å². The summed E-state index contributed by atoms with van der Waals surface area (Å²) < 4.78 is 2.44. The molecule has 0 fully saturated rings. The standard InChI is InChI=1S/C38H34N3/c1-4-28-13-14-30-19-22-41-21-18-29-7-5-6-8-34(29)38(41)37(30)36(28)35-24-27(17-20-39-35)10-9-26-11-12-32-25-33(40(2)3)16-15-31(32)23-26/h5-18,20-21,23-25H,4,19,22H2,1-3H3/q+1/p+1/b10-9+. The summed E-state index contributed by atoms with van der Waals surface area (Å²) in [5.74, 6) is 0. The van der Waals surface area contributed by atoms with Gasteiger partial charge in [0.1, 0.15) is 0 Å². The van der Waals surface area contributed by atoms with Crippen LogP contribution in [0.15, 0.2) is 103 Å². The Morgan fingerprint density at radius 3 is 2.44 bits per heavy atom. The summed E-state index contributed by atoms with van der Waals surface area (Å²) in [6, 6.07) is 33.5. The topological polar surface area (TPSA) is 21.3 Å². The van der Waals surface area contributed by atoms with Gasteiger partial charge >= 0.3 is 0 Å². The number of pyridine rings is 2. The summed E-state index contributed by atoms with van der Waals surface area (Å²) in [7, 11) is 4.16. The van der Waals surface area contributed by atoms with Crippen LogP contribution in [0, 0.1) is 0 Å². The Hall–Kier alpha value is -4.76. The van der Waals surface area contributed by atoms with Gasteiger partial charge in [-0.3, -0.25) is 0 Å². The molecular formula is C38H35N3+2. The fourth-order valence-electron chi connectivity index (χ4n) is 6.29. The van der Waals surface area contributed by atoms with E-state index in [4.69, 9.17) is 0 Å². The largest absolute Gasteiger partial charge is 0.378 e. The van der Waals surface area contributed by atoms with E-state index in [1.807, 2.05) is 0 Å². The number of aromatic amines is 1. The van der Waals surface area contributed by atoms with E-state index in [1.165, 1.54) is 66.3 Å².